The van der Waals surface area contributed by atoms with E-state index in [-0.39, 0.29) is 23.9 Å². The molecule has 2 aromatic heterocycles. The minimum absolute atomic E-state index is 0.185. The van der Waals surface area contributed by atoms with Gasteiger partial charge in [0.1, 0.15) is 6.17 Å². The number of nitrogens with zero attached hydrogens (tertiary/aromatic N) is 5. The van der Waals surface area contributed by atoms with Gasteiger partial charge in [-0.2, -0.15) is 10.2 Å². The number of carbonyl (C=O) groups is 1. The number of alkyl halides is 1. The molecule has 1 saturated carbocycles. The van der Waals surface area contributed by atoms with Crippen LogP contribution in [0.4, 0.5) is 17.6 Å². The van der Waals surface area contributed by atoms with Gasteiger partial charge in [-0.1, -0.05) is 0 Å². The van der Waals surface area contributed by atoms with E-state index in [1.807, 2.05) is 0 Å². The summed E-state index contributed by atoms with van der Waals surface area (Å²) in [5, 5.41) is 8.56. The van der Waals surface area contributed by atoms with Crippen LogP contribution in [0.3, 0.4) is 0 Å². The zero-order valence-electron chi connectivity index (χ0n) is 16.9. The van der Waals surface area contributed by atoms with Crippen molar-refractivity contribution in [2.24, 2.45) is 14.1 Å². The number of aromatic nitrogens is 4. The van der Waals surface area contributed by atoms with E-state index in [4.69, 9.17) is 0 Å². The fraction of sp³-hybridized carbons (Fsp3) is 0.381. The van der Waals surface area contributed by atoms with Crippen LogP contribution < -0.4 is 0 Å². The average Bonchev–Trinajstić information content (AvgIpc) is 3.16. The van der Waals surface area contributed by atoms with Crippen molar-refractivity contribution in [2.75, 3.05) is 6.54 Å². The Labute approximate surface area is 175 Å². The zero-order chi connectivity index (χ0) is 22.0. The second-order valence-corrected chi connectivity index (χ2v) is 8.05. The summed E-state index contributed by atoms with van der Waals surface area (Å²) in [7, 11) is 3.32. The van der Waals surface area contributed by atoms with E-state index >= 15 is 0 Å². The first-order valence-electron chi connectivity index (χ1n) is 9.91. The summed E-state index contributed by atoms with van der Waals surface area (Å²) in [6.07, 6.45) is 1.31. The van der Waals surface area contributed by atoms with Crippen LogP contribution in [0.2, 0.25) is 0 Å². The van der Waals surface area contributed by atoms with Crippen LogP contribution in [0.25, 0.3) is 11.3 Å². The van der Waals surface area contributed by atoms with Gasteiger partial charge < -0.3 is 4.90 Å². The molecule has 1 aromatic carbocycles. The highest BCUT2D eigenvalue weighted by Crippen LogP contribution is 2.45. The number of hydrogen-bond donors (Lipinski definition) is 0. The minimum atomic E-state index is -1.52. The third kappa shape index (κ3) is 3.12. The normalized spacial score (nSPS) is 20.1. The standard InChI is InChI=1S/C21H19F4N5O/c1-28-20(12-7-14(12)22)13(8-26-28)21(31)30-4-3-11-17(9-30)27-29(2)19(11)10-5-15(23)18(25)16(24)6-10/h5-6,8,12,14H,3-4,7,9H2,1-2H3. The molecule has 162 valence electrons. The highest BCUT2D eigenvalue weighted by atomic mass is 19.2. The molecule has 5 rings (SSSR count). The maximum Gasteiger partial charge on any atom is 0.257 e. The predicted molar refractivity (Wildman–Crippen MR) is 102 cm³/mol. The van der Waals surface area contributed by atoms with Crippen molar-refractivity contribution >= 4 is 5.91 Å². The Morgan fingerprint density at radius 1 is 1.13 bits per heavy atom. The van der Waals surface area contributed by atoms with E-state index in [1.54, 1.807) is 23.7 Å². The van der Waals surface area contributed by atoms with Crippen molar-refractivity contribution < 1.29 is 22.4 Å². The predicted octanol–water partition coefficient (Wildman–Crippen LogP) is 3.26. The fourth-order valence-electron chi connectivity index (χ4n) is 4.42. The molecule has 3 aromatic rings. The SMILES string of the molecule is Cn1nc2c(c1-c1cc(F)c(F)c(F)c1)CCN(C(=O)c1cnn(C)c1C1CC1F)C2. The van der Waals surface area contributed by atoms with Gasteiger partial charge in [0, 0.05) is 37.7 Å². The molecule has 2 unspecified atom stereocenters. The fourth-order valence-corrected chi connectivity index (χ4v) is 4.42. The summed E-state index contributed by atoms with van der Waals surface area (Å²) in [5.41, 5.74) is 3.01. The molecular formula is C21H19F4N5O. The number of carbonyl (C=O) groups excluding carboxylic acids is 1. The highest BCUT2D eigenvalue weighted by Gasteiger charge is 2.44. The number of hydrogen-bond acceptors (Lipinski definition) is 3. The van der Waals surface area contributed by atoms with Gasteiger partial charge in [0.2, 0.25) is 0 Å². The Kier molecular flexibility index (Phi) is 4.42. The monoisotopic (exact) mass is 433 g/mol. The maximum atomic E-state index is 13.8. The summed E-state index contributed by atoms with van der Waals surface area (Å²) >= 11 is 0. The van der Waals surface area contributed by atoms with Crippen molar-refractivity contribution in [1.29, 1.82) is 0 Å². The molecule has 2 aliphatic rings. The van der Waals surface area contributed by atoms with E-state index in [0.29, 0.717) is 42.0 Å². The van der Waals surface area contributed by atoms with Gasteiger partial charge >= 0.3 is 0 Å². The summed E-state index contributed by atoms with van der Waals surface area (Å²) in [6, 6.07) is 1.89. The summed E-state index contributed by atoms with van der Waals surface area (Å²) in [4.78, 5) is 14.8. The molecule has 0 bridgehead atoms. The molecule has 1 fully saturated rings. The molecule has 6 nitrogen and oxygen atoms in total. The van der Waals surface area contributed by atoms with E-state index < -0.39 is 23.6 Å². The van der Waals surface area contributed by atoms with Crippen LogP contribution in [-0.4, -0.2) is 43.1 Å². The van der Waals surface area contributed by atoms with Crippen LogP contribution in [0.5, 0.6) is 0 Å². The molecule has 1 amide bonds. The zero-order valence-corrected chi connectivity index (χ0v) is 16.9. The first-order valence-corrected chi connectivity index (χ1v) is 9.91. The van der Waals surface area contributed by atoms with Gasteiger partial charge in [0.15, 0.2) is 17.5 Å². The number of aryl methyl sites for hydroxylation is 2. The van der Waals surface area contributed by atoms with Crippen molar-refractivity contribution in [3.63, 3.8) is 0 Å². The third-order valence-corrected chi connectivity index (χ3v) is 6.02. The number of rotatable bonds is 3. The minimum Gasteiger partial charge on any atom is -0.332 e. The molecule has 3 heterocycles. The Morgan fingerprint density at radius 2 is 1.81 bits per heavy atom. The van der Waals surface area contributed by atoms with Crippen LogP contribution in [0.15, 0.2) is 18.3 Å². The highest BCUT2D eigenvalue weighted by molar-refractivity contribution is 5.95. The lowest BCUT2D eigenvalue weighted by Crippen LogP contribution is -2.36. The van der Waals surface area contributed by atoms with Crippen LogP contribution >= 0.6 is 0 Å². The molecule has 31 heavy (non-hydrogen) atoms. The van der Waals surface area contributed by atoms with E-state index in [0.717, 1.165) is 17.7 Å². The largest absolute Gasteiger partial charge is 0.332 e. The third-order valence-electron chi connectivity index (χ3n) is 6.02. The lowest BCUT2D eigenvalue weighted by atomic mass is 9.99. The molecule has 10 heteroatoms. The quantitative estimate of drug-likeness (QED) is 0.471. The van der Waals surface area contributed by atoms with Crippen LogP contribution in [0.1, 0.15) is 39.6 Å². The van der Waals surface area contributed by atoms with Gasteiger partial charge in [0.25, 0.3) is 5.91 Å². The number of amides is 1. The van der Waals surface area contributed by atoms with Crippen LogP contribution in [0, 0.1) is 17.5 Å². The van der Waals surface area contributed by atoms with E-state index in [2.05, 4.69) is 10.2 Å². The lowest BCUT2D eigenvalue weighted by Gasteiger charge is -2.26. The van der Waals surface area contributed by atoms with Crippen molar-refractivity contribution in [2.45, 2.75) is 31.5 Å². The molecular weight excluding hydrogens is 414 g/mol. The Balaban J connectivity index is 1.45. The Bertz CT molecular complexity index is 1190. The van der Waals surface area contributed by atoms with Crippen molar-refractivity contribution in [3.8, 4) is 11.3 Å². The van der Waals surface area contributed by atoms with Gasteiger partial charge in [0.05, 0.1) is 35.4 Å². The molecule has 1 aliphatic heterocycles. The summed E-state index contributed by atoms with van der Waals surface area (Å²) in [5.74, 6) is -4.62. The van der Waals surface area contributed by atoms with Crippen molar-refractivity contribution in [3.05, 3.63) is 58.3 Å². The summed E-state index contributed by atoms with van der Waals surface area (Å²) in [6.45, 7) is 0.557. The van der Waals surface area contributed by atoms with Crippen molar-refractivity contribution in [1.82, 2.24) is 24.5 Å². The molecule has 0 saturated heterocycles. The first kappa shape index (κ1) is 19.8. The first-order chi connectivity index (χ1) is 14.8. The smallest absolute Gasteiger partial charge is 0.257 e. The number of halogens is 4. The summed E-state index contributed by atoms with van der Waals surface area (Å²) < 4.78 is 57.5. The molecule has 0 N–H and O–H groups in total. The number of benzene rings is 1. The van der Waals surface area contributed by atoms with Gasteiger partial charge in [-0.3, -0.25) is 14.2 Å². The second-order valence-electron chi connectivity index (χ2n) is 8.05. The molecule has 2 atom stereocenters. The molecule has 0 spiro atoms. The number of fused-ring (bicyclic) bond motifs is 1. The lowest BCUT2D eigenvalue weighted by molar-refractivity contribution is 0.0731. The van der Waals surface area contributed by atoms with Gasteiger partial charge in [-0.15, -0.1) is 0 Å². The van der Waals surface area contributed by atoms with E-state index in [1.165, 1.54) is 10.9 Å². The topological polar surface area (TPSA) is 56.0 Å². The average molecular weight is 433 g/mol. The Hall–Kier alpha value is -3.17. The second kappa shape index (κ2) is 6.93. The van der Waals surface area contributed by atoms with Gasteiger partial charge in [-0.25, -0.2) is 17.6 Å². The maximum absolute atomic E-state index is 13.8. The van der Waals surface area contributed by atoms with E-state index in [9.17, 15) is 22.4 Å². The molecule has 1 aliphatic carbocycles. The Morgan fingerprint density at radius 3 is 2.45 bits per heavy atom. The van der Waals surface area contributed by atoms with Gasteiger partial charge in [-0.05, 0) is 25.0 Å². The molecule has 0 radical (unpaired) electrons. The van der Waals surface area contributed by atoms with Crippen LogP contribution in [-0.2, 0) is 27.1 Å².